The monoisotopic (exact) mass is 198 g/mol. The zero-order valence-electron chi connectivity index (χ0n) is 9.55. The topological polar surface area (TPSA) is 32.3 Å². The van der Waals surface area contributed by atoms with Gasteiger partial charge in [0.05, 0.1) is 0 Å². The van der Waals surface area contributed by atoms with E-state index in [1.807, 2.05) is 25.8 Å². The number of hydrogen-bond donors (Lipinski definition) is 1. The van der Waals surface area contributed by atoms with E-state index < -0.39 is 0 Å². The summed E-state index contributed by atoms with van der Waals surface area (Å²) in [7, 11) is 1.90. The van der Waals surface area contributed by atoms with Gasteiger partial charge in [-0.25, -0.2) is 0 Å². The molecule has 3 nitrogen and oxygen atoms in total. The molecule has 1 N–H and O–H groups in total. The van der Waals surface area contributed by atoms with E-state index in [9.17, 15) is 4.79 Å². The van der Waals surface area contributed by atoms with E-state index in [4.69, 9.17) is 0 Å². The Kier molecular flexibility index (Phi) is 4.39. The van der Waals surface area contributed by atoms with Crippen molar-refractivity contribution in [2.75, 3.05) is 20.1 Å². The lowest BCUT2D eigenvalue weighted by Gasteiger charge is -2.21. The fourth-order valence-electron chi connectivity index (χ4n) is 1.90. The molecule has 14 heavy (non-hydrogen) atoms. The summed E-state index contributed by atoms with van der Waals surface area (Å²) in [6.45, 7) is 5.93. The average Bonchev–Trinajstić information content (AvgIpc) is 2.65. The van der Waals surface area contributed by atoms with Crippen LogP contribution in [0, 0.1) is 5.92 Å². The molecule has 0 bridgehead atoms. The third-order valence-corrected chi connectivity index (χ3v) is 2.85. The Morgan fingerprint density at radius 1 is 1.57 bits per heavy atom. The van der Waals surface area contributed by atoms with Crippen molar-refractivity contribution in [3.63, 3.8) is 0 Å². The van der Waals surface area contributed by atoms with Gasteiger partial charge in [0.25, 0.3) is 0 Å². The fraction of sp³-hybridized carbons (Fsp3) is 0.909. The minimum absolute atomic E-state index is 0.122. The number of carbonyl (C=O) groups is 1. The van der Waals surface area contributed by atoms with Crippen molar-refractivity contribution in [2.24, 2.45) is 5.92 Å². The first-order valence-electron chi connectivity index (χ1n) is 5.59. The molecule has 3 heteroatoms. The molecule has 1 amide bonds. The van der Waals surface area contributed by atoms with Crippen molar-refractivity contribution in [1.82, 2.24) is 10.2 Å². The van der Waals surface area contributed by atoms with Gasteiger partial charge in [0.15, 0.2) is 0 Å². The standard InChI is InChI=1S/C11H22N2O/c1-9(2)11(14)13(3)8-6-10-5-4-7-12-10/h9-10,12H,4-8H2,1-3H3. The Labute approximate surface area is 86.9 Å². The van der Waals surface area contributed by atoms with Crippen molar-refractivity contribution in [3.05, 3.63) is 0 Å². The molecule has 0 aromatic rings. The molecule has 0 radical (unpaired) electrons. The Hall–Kier alpha value is -0.570. The predicted molar refractivity (Wildman–Crippen MR) is 58.1 cm³/mol. The highest BCUT2D eigenvalue weighted by Crippen LogP contribution is 2.09. The van der Waals surface area contributed by atoms with Gasteiger partial charge in [-0.3, -0.25) is 4.79 Å². The van der Waals surface area contributed by atoms with Gasteiger partial charge in [-0.05, 0) is 25.8 Å². The first kappa shape index (κ1) is 11.5. The number of nitrogens with zero attached hydrogens (tertiary/aromatic N) is 1. The van der Waals surface area contributed by atoms with Gasteiger partial charge in [-0.1, -0.05) is 13.8 Å². The van der Waals surface area contributed by atoms with Crippen molar-refractivity contribution < 1.29 is 4.79 Å². The van der Waals surface area contributed by atoms with Gasteiger partial charge < -0.3 is 10.2 Å². The Balaban J connectivity index is 2.19. The van der Waals surface area contributed by atoms with Crippen LogP contribution in [0.1, 0.15) is 33.1 Å². The summed E-state index contributed by atoms with van der Waals surface area (Å²) in [6, 6.07) is 0.636. The molecule has 0 aromatic heterocycles. The molecule has 1 heterocycles. The van der Waals surface area contributed by atoms with Gasteiger partial charge in [0.1, 0.15) is 0 Å². The van der Waals surface area contributed by atoms with E-state index in [2.05, 4.69) is 5.32 Å². The largest absolute Gasteiger partial charge is 0.345 e. The van der Waals surface area contributed by atoms with Gasteiger partial charge in [0, 0.05) is 25.6 Å². The van der Waals surface area contributed by atoms with Crippen LogP contribution in [0.25, 0.3) is 0 Å². The SMILES string of the molecule is CC(C)C(=O)N(C)CCC1CCCN1. The molecule has 0 spiro atoms. The highest BCUT2D eigenvalue weighted by Gasteiger charge is 2.17. The summed E-state index contributed by atoms with van der Waals surface area (Å²) in [6.07, 6.45) is 3.64. The maximum Gasteiger partial charge on any atom is 0.224 e. The van der Waals surface area contributed by atoms with Crippen LogP contribution < -0.4 is 5.32 Å². The maximum absolute atomic E-state index is 11.6. The first-order valence-corrected chi connectivity index (χ1v) is 5.59. The maximum atomic E-state index is 11.6. The highest BCUT2D eigenvalue weighted by atomic mass is 16.2. The molecule has 1 rings (SSSR count). The van der Waals surface area contributed by atoms with Crippen LogP contribution in [0.5, 0.6) is 0 Å². The molecule has 1 saturated heterocycles. The number of carbonyl (C=O) groups excluding carboxylic acids is 1. The van der Waals surface area contributed by atoms with Crippen LogP contribution in [-0.4, -0.2) is 37.0 Å². The molecule has 82 valence electrons. The second-order valence-electron chi connectivity index (χ2n) is 4.50. The lowest BCUT2D eigenvalue weighted by atomic mass is 10.1. The Morgan fingerprint density at radius 2 is 2.29 bits per heavy atom. The van der Waals surface area contributed by atoms with Crippen LogP contribution in [-0.2, 0) is 4.79 Å². The summed E-state index contributed by atoms with van der Waals surface area (Å²) >= 11 is 0. The zero-order chi connectivity index (χ0) is 10.6. The summed E-state index contributed by atoms with van der Waals surface area (Å²) in [5.41, 5.74) is 0. The lowest BCUT2D eigenvalue weighted by Crippen LogP contribution is -2.34. The highest BCUT2D eigenvalue weighted by molar-refractivity contribution is 5.77. The summed E-state index contributed by atoms with van der Waals surface area (Å²) in [4.78, 5) is 13.4. The Bertz CT molecular complexity index is 186. The van der Waals surface area contributed by atoms with Gasteiger partial charge in [-0.2, -0.15) is 0 Å². The molecule has 0 aromatic carbocycles. The van der Waals surface area contributed by atoms with E-state index in [1.54, 1.807) is 0 Å². The normalized spacial score (nSPS) is 21.6. The number of rotatable bonds is 4. The van der Waals surface area contributed by atoms with Crippen molar-refractivity contribution in [1.29, 1.82) is 0 Å². The third-order valence-electron chi connectivity index (χ3n) is 2.85. The van der Waals surface area contributed by atoms with E-state index in [-0.39, 0.29) is 11.8 Å². The molecule has 1 aliphatic rings. The second kappa shape index (κ2) is 5.35. The molecule has 0 saturated carbocycles. The van der Waals surface area contributed by atoms with E-state index >= 15 is 0 Å². The van der Waals surface area contributed by atoms with Gasteiger partial charge >= 0.3 is 0 Å². The molecule has 0 aliphatic carbocycles. The number of nitrogens with one attached hydrogen (secondary N) is 1. The number of amides is 1. The molecule has 1 atom stereocenters. The van der Waals surface area contributed by atoms with Crippen LogP contribution >= 0.6 is 0 Å². The van der Waals surface area contributed by atoms with Crippen molar-refractivity contribution >= 4 is 5.91 Å². The quantitative estimate of drug-likeness (QED) is 0.737. The second-order valence-corrected chi connectivity index (χ2v) is 4.50. The lowest BCUT2D eigenvalue weighted by molar-refractivity contribution is -0.133. The minimum atomic E-state index is 0.122. The van der Waals surface area contributed by atoms with Crippen LogP contribution in [0.3, 0.4) is 0 Å². The van der Waals surface area contributed by atoms with Crippen molar-refractivity contribution in [3.8, 4) is 0 Å². The zero-order valence-corrected chi connectivity index (χ0v) is 9.55. The molecular formula is C11H22N2O. The third kappa shape index (κ3) is 3.29. The van der Waals surface area contributed by atoms with Gasteiger partial charge in [0.2, 0.25) is 5.91 Å². The van der Waals surface area contributed by atoms with E-state index in [1.165, 1.54) is 12.8 Å². The molecule has 1 unspecified atom stereocenters. The minimum Gasteiger partial charge on any atom is -0.345 e. The molecule has 1 fully saturated rings. The smallest absolute Gasteiger partial charge is 0.224 e. The molecular weight excluding hydrogens is 176 g/mol. The van der Waals surface area contributed by atoms with E-state index in [0.29, 0.717) is 6.04 Å². The summed E-state index contributed by atoms with van der Waals surface area (Å²) in [5.74, 6) is 0.375. The fourth-order valence-corrected chi connectivity index (χ4v) is 1.90. The summed E-state index contributed by atoms with van der Waals surface area (Å²) < 4.78 is 0. The van der Waals surface area contributed by atoms with Crippen LogP contribution in [0.15, 0.2) is 0 Å². The van der Waals surface area contributed by atoms with Crippen molar-refractivity contribution in [2.45, 2.75) is 39.2 Å². The Morgan fingerprint density at radius 3 is 2.79 bits per heavy atom. The van der Waals surface area contributed by atoms with Gasteiger partial charge in [-0.15, -0.1) is 0 Å². The number of hydrogen-bond acceptors (Lipinski definition) is 2. The van der Waals surface area contributed by atoms with E-state index in [0.717, 1.165) is 19.5 Å². The summed E-state index contributed by atoms with van der Waals surface area (Å²) in [5, 5.41) is 3.44. The van der Waals surface area contributed by atoms with Crippen LogP contribution in [0.2, 0.25) is 0 Å². The average molecular weight is 198 g/mol. The predicted octanol–water partition coefficient (Wildman–Crippen LogP) is 1.24. The molecule has 1 aliphatic heterocycles. The first-order chi connectivity index (χ1) is 6.61. The van der Waals surface area contributed by atoms with Crippen LogP contribution in [0.4, 0.5) is 0 Å².